The highest BCUT2D eigenvalue weighted by Gasteiger charge is 2.38. The molecule has 0 aliphatic heterocycles. The largest absolute Gasteiger partial charge is 0.478 e. The van der Waals surface area contributed by atoms with Crippen molar-refractivity contribution in [1.82, 2.24) is 15.1 Å². The number of hydrogen-bond acceptors (Lipinski definition) is 3. The normalized spacial score (nSPS) is 15.5. The van der Waals surface area contributed by atoms with Gasteiger partial charge in [-0.3, -0.25) is 9.48 Å². The third kappa shape index (κ3) is 3.43. The molecule has 0 unspecified atom stereocenters. The van der Waals surface area contributed by atoms with Crippen molar-refractivity contribution < 1.29 is 14.7 Å². The van der Waals surface area contributed by atoms with Crippen molar-refractivity contribution in [2.75, 3.05) is 6.54 Å². The van der Waals surface area contributed by atoms with Crippen LogP contribution >= 0.6 is 11.6 Å². The molecule has 1 aliphatic rings. The molecule has 1 amide bonds. The summed E-state index contributed by atoms with van der Waals surface area (Å²) in [5.74, 6) is -1.24. The zero-order valence-electron chi connectivity index (χ0n) is 13.0. The number of nitrogens with zero attached hydrogens (tertiary/aromatic N) is 2. The van der Waals surface area contributed by atoms with Gasteiger partial charge in [-0.2, -0.15) is 5.10 Å². The molecule has 1 aromatic carbocycles. The van der Waals surface area contributed by atoms with Crippen molar-refractivity contribution in [2.45, 2.75) is 31.2 Å². The summed E-state index contributed by atoms with van der Waals surface area (Å²) < 4.78 is 1.33. The van der Waals surface area contributed by atoms with Crippen LogP contribution in [0.25, 0.3) is 0 Å². The molecular formula is C17H18ClN3O3. The molecule has 0 bridgehead atoms. The highest BCUT2D eigenvalue weighted by atomic mass is 35.5. The van der Waals surface area contributed by atoms with Gasteiger partial charge in [0.05, 0.1) is 11.8 Å². The second-order valence-electron chi connectivity index (χ2n) is 6.15. The quantitative estimate of drug-likeness (QED) is 0.840. The Balaban J connectivity index is 1.60. The Labute approximate surface area is 144 Å². The van der Waals surface area contributed by atoms with Crippen LogP contribution < -0.4 is 5.32 Å². The monoisotopic (exact) mass is 347 g/mol. The zero-order valence-corrected chi connectivity index (χ0v) is 13.8. The third-order valence-electron chi connectivity index (χ3n) is 4.58. The van der Waals surface area contributed by atoms with E-state index in [1.165, 1.54) is 22.6 Å². The van der Waals surface area contributed by atoms with E-state index in [1.54, 1.807) is 0 Å². The molecule has 7 heteroatoms. The molecule has 1 aliphatic carbocycles. The van der Waals surface area contributed by atoms with E-state index in [-0.39, 0.29) is 23.4 Å². The maximum Gasteiger partial charge on any atom is 0.338 e. The summed E-state index contributed by atoms with van der Waals surface area (Å²) in [6.07, 6.45) is 5.77. The first-order chi connectivity index (χ1) is 11.5. The van der Waals surface area contributed by atoms with Crippen molar-refractivity contribution in [3.8, 4) is 0 Å². The predicted molar refractivity (Wildman–Crippen MR) is 89.2 cm³/mol. The molecule has 0 radical (unpaired) electrons. The van der Waals surface area contributed by atoms with E-state index in [0.29, 0.717) is 11.6 Å². The van der Waals surface area contributed by atoms with Crippen molar-refractivity contribution >= 4 is 23.5 Å². The smallest absolute Gasteiger partial charge is 0.338 e. The summed E-state index contributed by atoms with van der Waals surface area (Å²) in [6.45, 7) is 0.560. The van der Waals surface area contributed by atoms with Gasteiger partial charge in [-0.25, -0.2) is 4.79 Å². The van der Waals surface area contributed by atoms with Crippen molar-refractivity contribution in [3.63, 3.8) is 0 Å². The van der Waals surface area contributed by atoms with Crippen LogP contribution in [0.4, 0.5) is 0 Å². The highest BCUT2D eigenvalue weighted by molar-refractivity contribution is 6.30. The van der Waals surface area contributed by atoms with E-state index in [4.69, 9.17) is 16.7 Å². The van der Waals surface area contributed by atoms with Crippen LogP contribution in [0.3, 0.4) is 0 Å². The molecule has 0 saturated heterocycles. The molecule has 2 aromatic rings. The summed E-state index contributed by atoms with van der Waals surface area (Å²) in [4.78, 5) is 22.9. The molecule has 0 spiro atoms. The van der Waals surface area contributed by atoms with Crippen LogP contribution in [0.1, 0.15) is 35.2 Å². The average molecular weight is 348 g/mol. The van der Waals surface area contributed by atoms with Crippen molar-refractivity contribution in [2.24, 2.45) is 0 Å². The van der Waals surface area contributed by atoms with Gasteiger partial charge in [0, 0.05) is 23.2 Å². The molecule has 1 heterocycles. The summed E-state index contributed by atoms with van der Waals surface area (Å²) >= 11 is 5.94. The summed E-state index contributed by atoms with van der Waals surface area (Å²) in [7, 11) is 0. The molecule has 1 saturated carbocycles. The van der Waals surface area contributed by atoms with E-state index in [0.717, 1.165) is 19.3 Å². The van der Waals surface area contributed by atoms with Crippen molar-refractivity contribution in [1.29, 1.82) is 0 Å². The number of hydrogen-bond donors (Lipinski definition) is 2. The van der Waals surface area contributed by atoms with Crippen LogP contribution in [0, 0.1) is 0 Å². The van der Waals surface area contributed by atoms with Gasteiger partial charge < -0.3 is 10.4 Å². The highest BCUT2D eigenvalue weighted by Crippen LogP contribution is 2.43. The molecule has 24 heavy (non-hydrogen) atoms. The second kappa shape index (κ2) is 6.65. The average Bonchev–Trinajstić information content (AvgIpc) is 2.96. The lowest BCUT2D eigenvalue weighted by Crippen LogP contribution is -2.46. The number of aromatic nitrogens is 2. The van der Waals surface area contributed by atoms with Gasteiger partial charge in [-0.1, -0.05) is 30.2 Å². The second-order valence-corrected chi connectivity index (χ2v) is 6.59. The van der Waals surface area contributed by atoms with E-state index in [1.807, 2.05) is 24.3 Å². The summed E-state index contributed by atoms with van der Waals surface area (Å²) in [6, 6.07) is 7.77. The number of carboxylic acids is 1. The summed E-state index contributed by atoms with van der Waals surface area (Å²) in [5, 5.41) is 16.4. The Kier molecular flexibility index (Phi) is 4.57. The maximum atomic E-state index is 12.1. The van der Waals surface area contributed by atoms with Gasteiger partial charge >= 0.3 is 5.97 Å². The molecule has 126 valence electrons. The molecular weight excluding hydrogens is 330 g/mol. The van der Waals surface area contributed by atoms with Gasteiger partial charge in [-0.05, 0) is 30.5 Å². The first-order valence-electron chi connectivity index (χ1n) is 7.77. The number of halogens is 1. The molecule has 0 atom stereocenters. The minimum atomic E-state index is -1.06. The van der Waals surface area contributed by atoms with E-state index < -0.39 is 5.97 Å². The van der Waals surface area contributed by atoms with E-state index in [2.05, 4.69) is 10.4 Å². The number of carbonyl (C=O) groups is 2. The van der Waals surface area contributed by atoms with Crippen LogP contribution in [0.2, 0.25) is 5.02 Å². The van der Waals surface area contributed by atoms with Crippen LogP contribution in [0.15, 0.2) is 36.7 Å². The Morgan fingerprint density at radius 2 is 2.00 bits per heavy atom. The molecule has 2 N–H and O–H groups in total. The van der Waals surface area contributed by atoms with Gasteiger partial charge in [-0.15, -0.1) is 0 Å². The van der Waals surface area contributed by atoms with Crippen LogP contribution in [0.5, 0.6) is 0 Å². The van der Waals surface area contributed by atoms with Crippen LogP contribution in [-0.2, 0) is 16.8 Å². The Bertz CT molecular complexity index is 751. The minimum absolute atomic E-state index is 0.00395. The Morgan fingerprint density at radius 3 is 2.54 bits per heavy atom. The molecule has 1 aromatic heterocycles. The standard InChI is InChI=1S/C17H18ClN3O3/c18-14-4-2-13(3-5-14)17(6-1-7-17)11-19-15(22)10-21-9-12(8-20-21)16(23)24/h2-5,8-9H,1,6-7,10-11H2,(H,19,22)(H,23,24). The van der Waals surface area contributed by atoms with Gasteiger partial charge in [0.1, 0.15) is 6.54 Å². The number of aromatic carboxylic acids is 1. The third-order valence-corrected chi connectivity index (χ3v) is 4.83. The fourth-order valence-corrected chi connectivity index (χ4v) is 3.13. The van der Waals surface area contributed by atoms with Gasteiger partial charge in [0.2, 0.25) is 5.91 Å². The number of benzene rings is 1. The fourth-order valence-electron chi connectivity index (χ4n) is 3.01. The van der Waals surface area contributed by atoms with Gasteiger partial charge in [0.25, 0.3) is 0 Å². The molecule has 3 rings (SSSR count). The lowest BCUT2D eigenvalue weighted by molar-refractivity contribution is -0.122. The lowest BCUT2D eigenvalue weighted by atomic mass is 9.64. The first kappa shape index (κ1) is 16.5. The van der Waals surface area contributed by atoms with E-state index >= 15 is 0 Å². The summed E-state index contributed by atoms with van der Waals surface area (Å²) in [5.41, 5.74) is 1.22. The lowest BCUT2D eigenvalue weighted by Gasteiger charge is -2.42. The Morgan fingerprint density at radius 1 is 1.29 bits per heavy atom. The number of carbonyl (C=O) groups excluding carboxylic acids is 1. The van der Waals surface area contributed by atoms with Crippen molar-refractivity contribution in [3.05, 3.63) is 52.8 Å². The SMILES string of the molecule is O=C(Cn1cc(C(=O)O)cn1)NCC1(c2ccc(Cl)cc2)CCC1. The minimum Gasteiger partial charge on any atom is -0.478 e. The topological polar surface area (TPSA) is 84.2 Å². The number of amides is 1. The zero-order chi connectivity index (χ0) is 17.2. The number of rotatable bonds is 6. The maximum absolute atomic E-state index is 12.1. The van der Waals surface area contributed by atoms with E-state index in [9.17, 15) is 9.59 Å². The molecule has 6 nitrogen and oxygen atoms in total. The van der Waals surface area contributed by atoms with Crippen LogP contribution in [-0.4, -0.2) is 33.3 Å². The number of nitrogens with one attached hydrogen (secondary N) is 1. The first-order valence-corrected chi connectivity index (χ1v) is 8.15. The molecule has 1 fully saturated rings. The Hall–Kier alpha value is -2.34. The number of carboxylic acid groups (broad SMARTS) is 1. The predicted octanol–water partition coefficient (Wildman–Crippen LogP) is 2.47. The fraction of sp³-hybridized carbons (Fsp3) is 0.353. The van der Waals surface area contributed by atoms with Gasteiger partial charge in [0.15, 0.2) is 0 Å².